The molecule has 0 aromatic heterocycles. The summed E-state index contributed by atoms with van der Waals surface area (Å²) in [5.74, 6) is -0.441. The topological polar surface area (TPSA) is 66.5 Å². The van der Waals surface area contributed by atoms with Crippen LogP contribution in [0.1, 0.15) is 34.3 Å². The average molecular weight is 455 g/mol. The van der Waals surface area contributed by atoms with Crippen molar-refractivity contribution in [2.75, 3.05) is 18.4 Å². The predicted molar refractivity (Wildman–Crippen MR) is 123 cm³/mol. The first-order valence-corrected chi connectivity index (χ1v) is 12.0. The zero-order valence-corrected chi connectivity index (χ0v) is 18.5. The molecule has 7 heteroatoms. The highest BCUT2D eigenvalue weighted by molar-refractivity contribution is 7.89. The number of anilines is 1. The Morgan fingerprint density at radius 1 is 0.935 bits per heavy atom. The summed E-state index contributed by atoms with van der Waals surface area (Å²) in [4.78, 5) is 13.1. The van der Waals surface area contributed by atoms with Crippen molar-refractivity contribution < 1.29 is 13.2 Å². The van der Waals surface area contributed by atoms with Crippen molar-refractivity contribution in [1.82, 2.24) is 4.31 Å². The normalized spacial score (nSPS) is 14.5. The minimum Gasteiger partial charge on any atom is -0.322 e. The number of nitrogens with one attached hydrogen (secondary N) is 1. The first-order valence-electron chi connectivity index (χ1n) is 10.2. The van der Waals surface area contributed by atoms with Crippen LogP contribution in [0.15, 0.2) is 77.7 Å². The molecule has 160 valence electrons. The van der Waals surface area contributed by atoms with E-state index < -0.39 is 15.9 Å². The molecule has 1 heterocycles. The number of carbonyl (C=O) groups is 1. The van der Waals surface area contributed by atoms with Gasteiger partial charge in [-0.1, -0.05) is 60.1 Å². The fourth-order valence-electron chi connectivity index (χ4n) is 3.72. The SMILES string of the molecule is O=C(Nc1ccccc1Cc1ccccc1)c1cc(S(=O)(=O)N2CCCC2)ccc1Cl. The van der Waals surface area contributed by atoms with Gasteiger partial charge in [0.25, 0.3) is 5.91 Å². The van der Waals surface area contributed by atoms with Gasteiger partial charge < -0.3 is 5.32 Å². The van der Waals surface area contributed by atoms with Gasteiger partial charge in [-0.05, 0) is 54.7 Å². The summed E-state index contributed by atoms with van der Waals surface area (Å²) in [6, 6.07) is 21.8. The molecule has 1 fully saturated rings. The number of hydrogen-bond acceptors (Lipinski definition) is 3. The molecule has 0 bridgehead atoms. The van der Waals surface area contributed by atoms with Crippen molar-refractivity contribution >= 4 is 33.2 Å². The highest BCUT2D eigenvalue weighted by Gasteiger charge is 2.28. The quantitative estimate of drug-likeness (QED) is 0.572. The van der Waals surface area contributed by atoms with E-state index in [1.54, 1.807) is 0 Å². The van der Waals surface area contributed by atoms with E-state index in [1.165, 1.54) is 22.5 Å². The second-order valence-electron chi connectivity index (χ2n) is 7.53. The summed E-state index contributed by atoms with van der Waals surface area (Å²) in [5, 5.41) is 3.11. The third-order valence-corrected chi connectivity index (χ3v) is 7.61. The number of sulfonamides is 1. The molecule has 0 atom stereocenters. The van der Waals surface area contributed by atoms with Crippen LogP contribution in [-0.2, 0) is 16.4 Å². The van der Waals surface area contributed by atoms with Crippen LogP contribution in [0.3, 0.4) is 0 Å². The monoisotopic (exact) mass is 454 g/mol. The maximum Gasteiger partial charge on any atom is 0.257 e. The number of amides is 1. The van der Waals surface area contributed by atoms with E-state index in [-0.39, 0.29) is 15.5 Å². The molecule has 3 aromatic rings. The Bertz CT molecular complexity index is 1190. The van der Waals surface area contributed by atoms with Gasteiger partial charge in [-0.3, -0.25) is 4.79 Å². The number of rotatable bonds is 6. The van der Waals surface area contributed by atoms with Gasteiger partial charge in [-0.15, -0.1) is 0 Å². The van der Waals surface area contributed by atoms with Gasteiger partial charge in [-0.25, -0.2) is 8.42 Å². The maximum atomic E-state index is 13.0. The predicted octanol–water partition coefficient (Wildman–Crippen LogP) is 4.97. The minimum atomic E-state index is -3.64. The van der Waals surface area contributed by atoms with Crippen LogP contribution in [0.2, 0.25) is 5.02 Å². The van der Waals surface area contributed by atoms with Crippen LogP contribution in [0.25, 0.3) is 0 Å². The van der Waals surface area contributed by atoms with Crippen LogP contribution in [0.4, 0.5) is 5.69 Å². The van der Waals surface area contributed by atoms with Crippen molar-refractivity contribution in [2.45, 2.75) is 24.2 Å². The van der Waals surface area contributed by atoms with Crippen molar-refractivity contribution in [3.8, 4) is 0 Å². The summed E-state index contributed by atoms with van der Waals surface area (Å²) in [6.45, 7) is 0.999. The zero-order valence-electron chi connectivity index (χ0n) is 16.9. The lowest BCUT2D eigenvalue weighted by Crippen LogP contribution is -2.28. The Morgan fingerprint density at radius 3 is 2.35 bits per heavy atom. The molecule has 4 rings (SSSR count). The second-order valence-corrected chi connectivity index (χ2v) is 9.87. The molecule has 0 aliphatic carbocycles. The number of para-hydroxylation sites is 1. The minimum absolute atomic E-state index is 0.0847. The molecule has 1 aliphatic rings. The van der Waals surface area contributed by atoms with Crippen molar-refractivity contribution in [3.05, 3.63) is 94.5 Å². The van der Waals surface area contributed by atoms with E-state index in [2.05, 4.69) is 5.32 Å². The third-order valence-electron chi connectivity index (χ3n) is 5.39. The molecule has 1 saturated heterocycles. The highest BCUT2D eigenvalue weighted by atomic mass is 35.5. The van der Waals surface area contributed by atoms with Crippen LogP contribution in [0, 0.1) is 0 Å². The Kier molecular flexibility index (Phi) is 6.41. The first-order chi connectivity index (χ1) is 14.9. The molecule has 1 aliphatic heterocycles. The Balaban J connectivity index is 1.60. The van der Waals surface area contributed by atoms with Crippen LogP contribution in [-0.4, -0.2) is 31.7 Å². The second kappa shape index (κ2) is 9.22. The van der Waals surface area contributed by atoms with Crippen molar-refractivity contribution in [1.29, 1.82) is 0 Å². The molecule has 31 heavy (non-hydrogen) atoms. The fourth-order valence-corrected chi connectivity index (χ4v) is 5.47. The van der Waals surface area contributed by atoms with E-state index in [4.69, 9.17) is 11.6 Å². The van der Waals surface area contributed by atoms with E-state index in [9.17, 15) is 13.2 Å². The van der Waals surface area contributed by atoms with Gasteiger partial charge in [-0.2, -0.15) is 4.31 Å². The number of benzene rings is 3. The lowest BCUT2D eigenvalue weighted by atomic mass is 10.0. The molecule has 0 radical (unpaired) electrons. The lowest BCUT2D eigenvalue weighted by molar-refractivity contribution is 0.102. The van der Waals surface area contributed by atoms with Gasteiger partial charge in [0.1, 0.15) is 0 Å². The van der Waals surface area contributed by atoms with Gasteiger partial charge in [0, 0.05) is 18.8 Å². The summed E-state index contributed by atoms with van der Waals surface area (Å²) in [6.07, 6.45) is 2.35. The van der Waals surface area contributed by atoms with Gasteiger partial charge in [0.15, 0.2) is 0 Å². The largest absolute Gasteiger partial charge is 0.322 e. The Labute approximate surface area is 187 Å². The number of hydrogen-bond donors (Lipinski definition) is 1. The van der Waals surface area contributed by atoms with E-state index >= 15 is 0 Å². The average Bonchev–Trinajstić information content (AvgIpc) is 3.32. The van der Waals surface area contributed by atoms with Gasteiger partial charge in [0.05, 0.1) is 15.5 Å². The standard InChI is InChI=1S/C24H23ClN2O3S/c25-22-13-12-20(31(29,30)27-14-6-7-15-27)17-21(22)24(28)26-23-11-5-4-10-19(23)16-18-8-2-1-3-9-18/h1-5,8-13,17H,6-7,14-16H2,(H,26,28). The summed E-state index contributed by atoms with van der Waals surface area (Å²) >= 11 is 6.27. The molecular formula is C24H23ClN2O3S. The van der Waals surface area contributed by atoms with E-state index in [0.717, 1.165) is 24.0 Å². The van der Waals surface area contributed by atoms with Crippen molar-refractivity contribution in [2.24, 2.45) is 0 Å². The van der Waals surface area contributed by atoms with E-state index in [0.29, 0.717) is 25.2 Å². The molecule has 0 unspecified atom stereocenters. The molecule has 3 aromatic carbocycles. The third kappa shape index (κ3) is 4.82. The summed E-state index contributed by atoms with van der Waals surface area (Å²) in [5.41, 5.74) is 2.89. The number of halogens is 1. The van der Waals surface area contributed by atoms with Crippen LogP contribution < -0.4 is 5.32 Å². The maximum absolute atomic E-state index is 13.0. The highest BCUT2D eigenvalue weighted by Crippen LogP contribution is 2.27. The summed E-state index contributed by atoms with van der Waals surface area (Å²) < 4.78 is 27.2. The fraction of sp³-hybridized carbons (Fsp3) is 0.208. The van der Waals surface area contributed by atoms with E-state index in [1.807, 2.05) is 54.6 Å². The molecule has 1 N–H and O–H groups in total. The lowest BCUT2D eigenvalue weighted by Gasteiger charge is -2.17. The molecule has 0 saturated carbocycles. The van der Waals surface area contributed by atoms with Gasteiger partial charge >= 0.3 is 0 Å². The molecular weight excluding hydrogens is 432 g/mol. The Morgan fingerprint density at radius 2 is 1.61 bits per heavy atom. The Hall–Kier alpha value is -2.67. The van der Waals surface area contributed by atoms with Crippen LogP contribution in [0.5, 0.6) is 0 Å². The number of nitrogens with zero attached hydrogens (tertiary/aromatic N) is 1. The smallest absolute Gasteiger partial charge is 0.257 e. The summed E-state index contributed by atoms with van der Waals surface area (Å²) in [7, 11) is -3.64. The van der Waals surface area contributed by atoms with Gasteiger partial charge in [0.2, 0.25) is 10.0 Å². The number of carbonyl (C=O) groups excluding carboxylic acids is 1. The zero-order chi connectivity index (χ0) is 21.8. The molecule has 0 spiro atoms. The first kappa shape index (κ1) is 21.6. The van der Waals surface area contributed by atoms with Crippen molar-refractivity contribution in [3.63, 3.8) is 0 Å². The van der Waals surface area contributed by atoms with Crippen LogP contribution >= 0.6 is 11.6 Å². The molecule has 5 nitrogen and oxygen atoms in total. The molecule has 1 amide bonds.